The van der Waals surface area contributed by atoms with Gasteiger partial charge in [-0.25, -0.2) is 9.78 Å². The second kappa shape index (κ2) is 12.5. The normalized spacial score (nSPS) is 11.5. The molecule has 0 saturated carbocycles. The van der Waals surface area contributed by atoms with E-state index in [4.69, 9.17) is 30.5 Å². The van der Waals surface area contributed by atoms with E-state index in [0.717, 1.165) is 27.9 Å². The number of nitrogens with one attached hydrogen (secondary N) is 1. The summed E-state index contributed by atoms with van der Waals surface area (Å²) in [4.78, 5) is 31.4. The third kappa shape index (κ3) is 7.36. The molecule has 1 amide bonds. The largest absolute Gasteiger partial charge is 0.476 e. The van der Waals surface area contributed by atoms with Gasteiger partial charge in [0.25, 0.3) is 0 Å². The molecule has 0 aliphatic carbocycles. The van der Waals surface area contributed by atoms with E-state index in [1.54, 1.807) is 40.0 Å². The Hall–Kier alpha value is -3.36. The van der Waals surface area contributed by atoms with Crippen molar-refractivity contribution in [2.75, 3.05) is 20.2 Å². The molecule has 1 N–H and O–H groups in total. The van der Waals surface area contributed by atoms with Gasteiger partial charge >= 0.3 is 5.97 Å². The Bertz CT molecular complexity index is 1280. The summed E-state index contributed by atoms with van der Waals surface area (Å²) < 4.78 is 17.2. The van der Waals surface area contributed by atoms with E-state index >= 15 is 0 Å². The summed E-state index contributed by atoms with van der Waals surface area (Å²) in [6.45, 7) is 12.3. The van der Waals surface area contributed by atoms with Gasteiger partial charge in [-0.15, -0.1) is 0 Å². The van der Waals surface area contributed by atoms with Crippen molar-refractivity contribution in [2.24, 2.45) is 0 Å². The highest BCUT2D eigenvalue weighted by Gasteiger charge is 2.32. The minimum Gasteiger partial charge on any atom is -0.476 e. The van der Waals surface area contributed by atoms with Crippen LogP contribution in [0.3, 0.4) is 0 Å². The van der Waals surface area contributed by atoms with Gasteiger partial charge in [-0.1, -0.05) is 29.8 Å². The number of rotatable bonds is 11. The van der Waals surface area contributed by atoms with Gasteiger partial charge in [-0.2, -0.15) is 0 Å². The number of aryl methyl sites for hydroxylation is 3. The SMILES string of the molecule is CCOC(=O)C(C)(C)Oc1c(C)cc(CN(CC(=O)NC)Cc2nc(-c3cccc(Cl)c3)oc2C)cc1C. The lowest BCUT2D eigenvalue weighted by atomic mass is 10.0. The number of carbonyl (C=O) groups excluding carboxylic acids is 2. The molecule has 3 rings (SSSR count). The molecule has 204 valence electrons. The topological polar surface area (TPSA) is 93.9 Å². The van der Waals surface area contributed by atoms with Crippen LogP contribution in [0.25, 0.3) is 11.5 Å². The monoisotopic (exact) mass is 541 g/mol. The van der Waals surface area contributed by atoms with Crippen molar-refractivity contribution in [1.82, 2.24) is 15.2 Å². The number of benzene rings is 2. The van der Waals surface area contributed by atoms with Crippen molar-refractivity contribution in [1.29, 1.82) is 0 Å². The van der Waals surface area contributed by atoms with Gasteiger partial charge in [-0.3, -0.25) is 9.69 Å². The summed E-state index contributed by atoms with van der Waals surface area (Å²) in [6, 6.07) is 11.4. The molecule has 0 spiro atoms. The number of nitrogens with zero attached hydrogens (tertiary/aromatic N) is 2. The third-order valence-electron chi connectivity index (χ3n) is 6.03. The summed E-state index contributed by atoms with van der Waals surface area (Å²) in [5.41, 5.74) is 3.19. The maximum atomic E-state index is 12.3. The fourth-order valence-corrected chi connectivity index (χ4v) is 4.32. The lowest BCUT2D eigenvalue weighted by Crippen LogP contribution is -2.40. The van der Waals surface area contributed by atoms with Crippen molar-refractivity contribution >= 4 is 23.5 Å². The molecule has 9 heteroatoms. The molecular formula is C29H36ClN3O5. The molecule has 0 aliphatic rings. The molecule has 0 aliphatic heterocycles. The number of ether oxygens (including phenoxy) is 2. The molecule has 0 atom stereocenters. The maximum Gasteiger partial charge on any atom is 0.349 e. The summed E-state index contributed by atoms with van der Waals surface area (Å²) in [7, 11) is 1.62. The van der Waals surface area contributed by atoms with E-state index in [0.29, 0.717) is 35.5 Å². The minimum atomic E-state index is -1.12. The highest BCUT2D eigenvalue weighted by molar-refractivity contribution is 6.30. The number of amides is 1. The van der Waals surface area contributed by atoms with Gasteiger partial charge in [-0.05, 0) is 76.4 Å². The van der Waals surface area contributed by atoms with Gasteiger partial charge in [0, 0.05) is 30.7 Å². The van der Waals surface area contributed by atoms with Gasteiger partial charge < -0.3 is 19.2 Å². The van der Waals surface area contributed by atoms with Gasteiger partial charge in [0.05, 0.1) is 18.8 Å². The first-order valence-electron chi connectivity index (χ1n) is 12.5. The summed E-state index contributed by atoms with van der Waals surface area (Å²) in [6.07, 6.45) is 0. The molecule has 0 saturated heterocycles. The summed E-state index contributed by atoms with van der Waals surface area (Å²) in [5, 5.41) is 3.30. The number of aromatic nitrogens is 1. The Kier molecular flexibility index (Phi) is 9.57. The highest BCUT2D eigenvalue weighted by Crippen LogP contribution is 2.30. The Morgan fingerprint density at radius 2 is 1.79 bits per heavy atom. The summed E-state index contributed by atoms with van der Waals surface area (Å²) >= 11 is 6.14. The molecule has 2 aromatic carbocycles. The molecule has 0 fully saturated rings. The predicted molar refractivity (Wildman–Crippen MR) is 147 cm³/mol. The van der Waals surface area contributed by atoms with Crippen molar-refractivity contribution in [3.63, 3.8) is 0 Å². The smallest absolute Gasteiger partial charge is 0.349 e. The third-order valence-corrected chi connectivity index (χ3v) is 6.27. The van der Waals surface area contributed by atoms with Crippen molar-refractivity contribution in [2.45, 2.75) is 60.2 Å². The molecule has 1 aromatic heterocycles. The number of halogens is 1. The van der Waals surface area contributed by atoms with E-state index in [1.165, 1.54) is 0 Å². The lowest BCUT2D eigenvalue weighted by Gasteiger charge is -2.27. The van der Waals surface area contributed by atoms with Crippen LogP contribution < -0.4 is 10.1 Å². The zero-order valence-corrected chi connectivity index (χ0v) is 23.9. The van der Waals surface area contributed by atoms with Crippen LogP contribution in [0.4, 0.5) is 0 Å². The zero-order valence-electron chi connectivity index (χ0n) is 23.1. The molecule has 0 radical (unpaired) electrons. The standard InChI is InChI=1S/C29H36ClN3O5/c1-8-36-28(35)29(5,6)38-26-18(2)12-21(13-19(26)3)15-33(17-25(34)31-7)16-24-20(4)37-27(32-24)22-10-9-11-23(30)14-22/h9-14H,8,15-17H2,1-7H3,(H,31,34). The number of hydrogen-bond donors (Lipinski definition) is 1. The zero-order chi connectivity index (χ0) is 28.0. The van der Waals surface area contributed by atoms with Crippen LogP contribution in [0.15, 0.2) is 40.8 Å². The van der Waals surface area contributed by atoms with Crippen LogP contribution in [-0.2, 0) is 27.4 Å². The first kappa shape index (κ1) is 29.2. The Morgan fingerprint density at radius 1 is 1.11 bits per heavy atom. The van der Waals surface area contributed by atoms with Gasteiger partial charge in [0.1, 0.15) is 11.5 Å². The van der Waals surface area contributed by atoms with Crippen molar-refractivity contribution < 1.29 is 23.5 Å². The molecule has 0 bridgehead atoms. The predicted octanol–water partition coefficient (Wildman–Crippen LogP) is 5.39. The number of likely N-dealkylation sites (N-methyl/N-ethyl adjacent to an activating group) is 1. The first-order valence-corrected chi connectivity index (χ1v) is 12.9. The summed E-state index contributed by atoms with van der Waals surface area (Å²) in [5.74, 6) is 1.28. The molecule has 8 nitrogen and oxygen atoms in total. The molecular weight excluding hydrogens is 506 g/mol. The van der Waals surface area contributed by atoms with Crippen LogP contribution in [0, 0.1) is 20.8 Å². The van der Waals surface area contributed by atoms with Crippen LogP contribution >= 0.6 is 11.6 Å². The number of hydrogen-bond acceptors (Lipinski definition) is 7. The van der Waals surface area contributed by atoms with Crippen LogP contribution in [0.1, 0.15) is 48.9 Å². The second-order valence-corrected chi connectivity index (χ2v) is 10.2. The minimum absolute atomic E-state index is 0.106. The van der Waals surface area contributed by atoms with Gasteiger partial charge in [0.15, 0.2) is 5.60 Å². The van der Waals surface area contributed by atoms with E-state index in [1.807, 2.05) is 49.9 Å². The molecule has 38 heavy (non-hydrogen) atoms. The van der Waals surface area contributed by atoms with Crippen molar-refractivity contribution in [3.05, 3.63) is 69.6 Å². The lowest BCUT2D eigenvalue weighted by molar-refractivity contribution is -0.158. The van der Waals surface area contributed by atoms with E-state index < -0.39 is 11.6 Å². The average Bonchev–Trinajstić information content (AvgIpc) is 3.21. The highest BCUT2D eigenvalue weighted by atomic mass is 35.5. The van der Waals surface area contributed by atoms with E-state index in [9.17, 15) is 9.59 Å². The molecule has 0 unspecified atom stereocenters. The van der Waals surface area contributed by atoms with Crippen molar-refractivity contribution in [3.8, 4) is 17.2 Å². The second-order valence-electron chi connectivity index (χ2n) is 9.74. The average molecular weight is 542 g/mol. The fourth-order valence-electron chi connectivity index (χ4n) is 4.13. The van der Waals surface area contributed by atoms with Gasteiger partial charge in [0.2, 0.25) is 11.8 Å². The Morgan fingerprint density at radius 3 is 2.39 bits per heavy atom. The number of carbonyl (C=O) groups is 2. The van der Waals surface area contributed by atoms with E-state index in [2.05, 4.69) is 5.32 Å². The molecule has 3 aromatic rings. The Labute approximate surface area is 229 Å². The first-order chi connectivity index (χ1) is 17.9. The maximum absolute atomic E-state index is 12.3. The quantitative estimate of drug-likeness (QED) is 0.325. The fraction of sp³-hybridized carbons (Fsp3) is 0.414. The van der Waals surface area contributed by atoms with E-state index in [-0.39, 0.29) is 19.1 Å². The number of oxazole rings is 1. The van der Waals surface area contributed by atoms with Crippen LogP contribution in [0.5, 0.6) is 5.75 Å². The number of esters is 1. The van der Waals surface area contributed by atoms with Crippen LogP contribution in [0.2, 0.25) is 5.02 Å². The van der Waals surface area contributed by atoms with Crippen LogP contribution in [-0.4, -0.2) is 47.6 Å². The Balaban J connectivity index is 1.84. The molecule has 1 heterocycles.